The van der Waals surface area contributed by atoms with E-state index in [9.17, 15) is 4.79 Å². The van der Waals surface area contributed by atoms with Crippen molar-refractivity contribution in [2.75, 3.05) is 13.6 Å². The molecule has 92 valence electrons. The van der Waals surface area contributed by atoms with E-state index in [1.54, 1.807) is 4.90 Å². The number of hydrogen-bond acceptors (Lipinski definition) is 1. The molecule has 1 aromatic carbocycles. The number of fused-ring (bicyclic) bond motifs is 1. The molecule has 0 fully saturated rings. The minimum absolute atomic E-state index is 0.0224. The average Bonchev–Trinajstić information content (AvgIpc) is 2.38. The highest BCUT2D eigenvalue weighted by Gasteiger charge is 2.21. The topological polar surface area (TPSA) is 32.3 Å². The smallest absolute Gasteiger partial charge is 0.317 e. The molecule has 3 heteroatoms. The van der Waals surface area contributed by atoms with Gasteiger partial charge in [0, 0.05) is 13.6 Å². The molecule has 0 spiro atoms. The lowest BCUT2D eigenvalue weighted by molar-refractivity contribution is 0.205. The van der Waals surface area contributed by atoms with E-state index in [0.717, 1.165) is 25.8 Å². The van der Waals surface area contributed by atoms with Gasteiger partial charge in [0.05, 0.1) is 6.04 Å². The van der Waals surface area contributed by atoms with E-state index < -0.39 is 0 Å². The molecular formula is C14H20N2O. The number of amides is 2. The van der Waals surface area contributed by atoms with Gasteiger partial charge in [-0.3, -0.25) is 0 Å². The Morgan fingerprint density at radius 2 is 2.24 bits per heavy atom. The molecule has 0 saturated carbocycles. The van der Waals surface area contributed by atoms with Crippen molar-refractivity contribution in [2.24, 2.45) is 0 Å². The van der Waals surface area contributed by atoms with Gasteiger partial charge in [-0.15, -0.1) is 0 Å². The van der Waals surface area contributed by atoms with Crippen molar-refractivity contribution in [1.82, 2.24) is 10.2 Å². The van der Waals surface area contributed by atoms with Crippen LogP contribution < -0.4 is 5.32 Å². The summed E-state index contributed by atoms with van der Waals surface area (Å²) in [5.74, 6) is 0. The Kier molecular flexibility index (Phi) is 3.67. The van der Waals surface area contributed by atoms with Gasteiger partial charge in [-0.2, -0.15) is 0 Å². The third kappa shape index (κ3) is 2.60. The molecule has 0 bridgehead atoms. The Balaban J connectivity index is 2.11. The largest absolute Gasteiger partial charge is 0.331 e. The highest BCUT2D eigenvalue weighted by Crippen LogP contribution is 2.29. The Bertz CT molecular complexity index is 403. The van der Waals surface area contributed by atoms with Crippen molar-refractivity contribution in [3.05, 3.63) is 35.4 Å². The van der Waals surface area contributed by atoms with Gasteiger partial charge in [0.25, 0.3) is 0 Å². The summed E-state index contributed by atoms with van der Waals surface area (Å²) in [5, 5.41) is 3.11. The molecule has 3 nitrogen and oxygen atoms in total. The van der Waals surface area contributed by atoms with Crippen LogP contribution in [-0.2, 0) is 6.42 Å². The summed E-state index contributed by atoms with van der Waals surface area (Å²) in [4.78, 5) is 13.6. The molecule has 1 aliphatic carbocycles. The number of hydrogen-bond donors (Lipinski definition) is 1. The molecule has 2 rings (SSSR count). The summed E-state index contributed by atoms with van der Waals surface area (Å²) < 4.78 is 0. The Hall–Kier alpha value is -1.51. The summed E-state index contributed by atoms with van der Waals surface area (Å²) in [6.07, 6.45) is 3.32. The lowest BCUT2D eigenvalue weighted by Gasteiger charge is -2.28. The van der Waals surface area contributed by atoms with Crippen LogP contribution in [-0.4, -0.2) is 24.5 Å². The molecule has 0 radical (unpaired) electrons. The second-order valence-corrected chi connectivity index (χ2v) is 4.61. The third-order valence-electron chi connectivity index (χ3n) is 3.49. The van der Waals surface area contributed by atoms with Crippen LogP contribution in [0.5, 0.6) is 0 Å². The van der Waals surface area contributed by atoms with Crippen LogP contribution in [0.2, 0.25) is 0 Å². The lowest BCUT2D eigenvalue weighted by Crippen LogP contribution is -2.40. The van der Waals surface area contributed by atoms with E-state index in [4.69, 9.17) is 0 Å². The zero-order chi connectivity index (χ0) is 12.3. The maximum absolute atomic E-state index is 11.9. The number of benzene rings is 1. The Labute approximate surface area is 103 Å². The minimum atomic E-state index is 0.0224. The second kappa shape index (κ2) is 5.21. The molecule has 0 aliphatic heterocycles. The summed E-state index contributed by atoms with van der Waals surface area (Å²) in [6, 6.07) is 8.62. The van der Waals surface area contributed by atoms with Crippen molar-refractivity contribution >= 4 is 6.03 Å². The summed E-state index contributed by atoms with van der Waals surface area (Å²) in [7, 11) is 1.82. The predicted molar refractivity (Wildman–Crippen MR) is 69.0 cm³/mol. The number of carbonyl (C=O) groups excluding carboxylic acids is 1. The van der Waals surface area contributed by atoms with E-state index in [1.807, 2.05) is 20.0 Å². The maximum Gasteiger partial charge on any atom is 0.317 e. The van der Waals surface area contributed by atoms with Crippen LogP contribution >= 0.6 is 0 Å². The number of nitrogens with zero attached hydrogens (tertiary/aromatic N) is 1. The number of urea groups is 1. The van der Waals surface area contributed by atoms with Crippen LogP contribution in [0.4, 0.5) is 4.79 Å². The predicted octanol–water partition coefficient (Wildman–Crippen LogP) is 2.73. The maximum atomic E-state index is 11.9. The van der Waals surface area contributed by atoms with E-state index in [-0.39, 0.29) is 12.1 Å². The van der Waals surface area contributed by atoms with Crippen LogP contribution in [0, 0.1) is 0 Å². The van der Waals surface area contributed by atoms with Gasteiger partial charge in [-0.05, 0) is 37.3 Å². The number of aryl methyl sites for hydroxylation is 1. The van der Waals surface area contributed by atoms with Crippen molar-refractivity contribution in [3.63, 3.8) is 0 Å². The van der Waals surface area contributed by atoms with Gasteiger partial charge >= 0.3 is 6.03 Å². The summed E-state index contributed by atoms with van der Waals surface area (Å²) >= 11 is 0. The summed E-state index contributed by atoms with van der Waals surface area (Å²) in [6.45, 7) is 2.72. The average molecular weight is 232 g/mol. The number of carbonyl (C=O) groups is 1. The van der Waals surface area contributed by atoms with E-state index in [0.29, 0.717) is 0 Å². The van der Waals surface area contributed by atoms with Crippen molar-refractivity contribution in [3.8, 4) is 0 Å². The van der Waals surface area contributed by atoms with E-state index in [1.165, 1.54) is 11.1 Å². The first-order valence-electron chi connectivity index (χ1n) is 6.31. The van der Waals surface area contributed by atoms with Crippen LogP contribution in [0.1, 0.15) is 36.9 Å². The molecule has 0 heterocycles. The van der Waals surface area contributed by atoms with Gasteiger partial charge in [-0.1, -0.05) is 24.3 Å². The zero-order valence-corrected chi connectivity index (χ0v) is 10.6. The first-order chi connectivity index (χ1) is 8.22. The van der Waals surface area contributed by atoms with Crippen molar-refractivity contribution in [1.29, 1.82) is 0 Å². The molecule has 0 aromatic heterocycles. The quantitative estimate of drug-likeness (QED) is 0.835. The number of rotatable bonds is 2. The van der Waals surface area contributed by atoms with Crippen LogP contribution in [0.3, 0.4) is 0 Å². The molecule has 1 aromatic rings. The minimum Gasteiger partial charge on any atom is -0.331 e. The van der Waals surface area contributed by atoms with Gasteiger partial charge < -0.3 is 10.2 Å². The molecule has 2 amide bonds. The van der Waals surface area contributed by atoms with Crippen molar-refractivity contribution < 1.29 is 4.79 Å². The molecular weight excluding hydrogens is 212 g/mol. The fourth-order valence-corrected chi connectivity index (χ4v) is 2.31. The van der Waals surface area contributed by atoms with Crippen LogP contribution in [0.15, 0.2) is 24.3 Å². The van der Waals surface area contributed by atoms with Gasteiger partial charge in [0.15, 0.2) is 0 Å². The fourth-order valence-electron chi connectivity index (χ4n) is 2.31. The monoisotopic (exact) mass is 232 g/mol. The van der Waals surface area contributed by atoms with Gasteiger partial charge in [0.2, 0.25) is 0 Å². The first kappa shape index (κ1) is 12.0. The molecule has 1 N–H and O–H groups in total. The normalized spacial score (nSPS) is 18.4. The molecule has 17 heavy (non-hydrogen) atoms. The number of nitrogens with one attached hydrogen (secondary N) is 1. The van der Waals surface area contributed by atoms with E-state index in [2.05, 4.69) is 23.5 Å². The SMILES string of the molecule is CCN(C)C(=O)NC1CCCc2ccccc21. The summed E-state index contributed by atoms with van der Waals surface area (Å²) in [5.41, 5.74) is 2.67. The fraction of sp³-hybridized carbons (Fsp3) is 0.500. The van der Waals surface area contributed by atoms with Crippen LogP contribution in [0.25, 0.3) is 0 Å². The highest BCUT2D eigenvalue weighted by atomic mass is 16.2. The molecule has 1 atom stereocenters. The lowest BCUT2D eigenvalue weighted by atomic mass is 9.88. The molecule has 1 unspecified atom stereocenters. The standard InChI is InChI=1S/C14H20N2O/c1-3-16(2)14(17)15-13-10-6-8-11-7-4-5-9-12(11)13/h4-5,7,9,13H,3,6,8,10H2,1-2H3,(H,15,17). The highest BCUT2D eigenvalue weighted by molar-refractivity contribution is 5.74. The third-order valence-corrected chi connectivity index (χ3v) is 3.49. The van der Waals surface area contributed by atoms with E-state index >= 15 is 0 Å². The Morgan fingerprint density at radius 1 is 1.47 bits per heavy atom. The molecule has 1 aliphatic rings. The van der Waals surface area contributed by atoms with Gasteiger partial charge in [-0.25, -0.2) is 4.79 Å². The second-order valence-electron chi connectivity index (χ2n) is 4.61. The first-order valence-corrected chi connectivity index (χ1v) is 6.31. The van der Waals surface area contributed by atoms with Gasteiger partial charge in [0.1, 0.15) is 0 Å². The van der Waals surface area contributed by atoms with Crippen molar-refractivity contribution in [2.45, 2.75) is 32.2 Å². The zero-order valence-electron chi connectivity index (χ0n) is 10.6. The Morgan fingerprint density at radius 3 is 3.00 bits per heavy atom. The molecule has 0 saturated heterocycles.